The third-order valence-electron chi connectivity index (χ3n) is 4.32. The summed E-state index contributed by atoms with van der Waals surface area (Å²) in [6, 6.07) is -0.870. The largest absolute Gasteiger partial charge is 0.481 e. The number of carbonyl (C=O) groups excluding carboxylic acids is 1. The van der Waals surface area contributed by atoms with Crippen LogP contribution in [0.3, 0.4) is 0 Å². The van der Waals surface area contributed by atoms with Gasteiger partial charge in [0.1, 0.15) is 0 Å². The summed E-state index contributed by atoms with van der Waals surface area (Å²) in [5, 5.41) is 14.6. The van der Waals surface area contributed by atoms with Crippen LogP contribution in [0.2, 0.25) is 0 Å². The van der Waals surface area contributed by atoms with Crippen molar-refractivity contribution in [2.24, 2.45) is 5.92 Å². The van der Waals surface area contributed by atoms with E-state index in [1.54, 1.807) is 6.92 Å². The van der Waals surface area contributed by atoms with E-state index < -0.39 is 39.3 Å². The number of nitrogens with one attached hydrogen (secondary N) is 2. The number of sulfone groups is 1. The summed E-state index contributed by atoms with van der Waals surface area (Å²) in [5.74, 6) is -1.45. The highest BCUT2D eigenvalue weighted by Gasteiger charge is 2.40. The first kappa shape index (κ1) is 16.1. The van der Waals surface area contributed by atoms with Crippen molar-refractivity contribution in [2.45, 2.75) is 50.6 Å². The SMILES string of the molecule is CC1(NC(=O)NC2CCCCC2C(=O)O)CCS(=O)(=O)C1. The molecule has 120 valence electrons. The van der Waals surface area contributed by atoms with Crippen molar-refractivity contribution >= 4 is 21.8 Å². The normalized spacial score (nSPS) is 35.1. The highest BCUT2D eigenvalue weighted by atomic mass is 32.2. The van der Waals surface area contributed by atoms with Gasteiger partial charge in [-0.1, -0.05) is 12.8 Å². The molecule has 7 nitrogen and oxygen atoms in total. The summed E-state index contributed by atoms with van der Waals surface area (Å²) < 4.78 is 23.0. The fraction of sp³-hybridized carbons (Fsp3) is 0.846. The van der Waals surface area contributed by atoms with Crippen LogP contribution in [0.5, 0.6) is 0 Å². The minimum atomic E-state index is -3.09. The molecule has 21 heavy (non-hydrogen) atoms. The molecule has 3 unspecified atom stereocenters. The number of aliphatic carboxylic acids is 1. The van der Waals surface area contributed by atoms with Gasteiger partial charge in [0.05, 0.1) is 23.0 Å². The number of carboxylic acids is 1. The molecule has 1 saturated carbocycles. The van der Waals surface area contributed by atoms with Gasteiger partial charge in [-0.25, -0.2) is 13.2 Å². The van der Waals surface area contributed by atoms with Gasteiger partial charge in [-0.2, -0.15) is 0 Å². The van der Waals surface area contributed by atoms with Gasteiger partial charge in [0, 0.05) is 6.04 Å². The van der Waals surface area contributed by atoms with Gasteiger partial charge in [-0.15, -0.1) is 0 Å². The molecule has 8 heteroatoms. The van der Waals surface area contributed by atoms with E-state index >= 15 is 0 Å². The fourth-order valence-electron chi connectivity index (χ4n) is 3.19. The lowest BCUT2D eigenvalue weighted by Crippen LogP contribution is -2.55. The maximum Gasteiger partial charge on any atom is 0.315 e. The molecule has 0 aromatic heterocycles. The second-order valence-electron chi connectivity index (χ2n) is 6.34. The second-order valence-corrected chi connectivity index (χ2v) is 8.52. The molecule has 0 aromatic carbocycles. The quantitative estimate of drug-likeness (QED) is 0.701. The molecule has 0 aromatic rings. The molecule has 3 N–H and O–H groups in total. The van der Waals surface area contributed by atoms with Gasteiger partial charge >= 0.3 is 12.0 Å². The van der Waals surface area contributed by atoms with Crippen LogP contribution in [0.15, 0.2) is 0 Å². The number of hydrogen-bond acceptors (Lipinski definition) is 4. The van der Waals surface area contributed by atoms with Crippen LogP contribution < -0.4 is 10.6 Å². The Morgan fingerprint density at radius 1 is 1.24 bits per heavy atom. The summed E-state index contributed by atoms with van der Waals surface area (Å²) in [5.41, 5.74) is -0.768. The minimum absolute atomic E-state index is 0.0690. The maximum absolute atomic E-state index is 12.0. The second kappa shape index (κ2) is 5.82. The first-order chi connectivity index (χ1) is 9.71. The van der Waals surface area contributed by atoms with Crippen LogP contribution in [0.4, 0.5) is 4.79 Å². The van der Waals surface area contributed by atoms with E-state index in [0.717, 1.165) is 12.8 Å². The number of amides is 2. The van der Waals surface area contributed by atoms with Gasteiger partial charge in [-0.05, 0) is 26.2 Å². The lowest BCUT2D eigenvalue weighted by atomic mass is 9.84. The van der Waals surface area contributed by atoms with Gasteiger partial charge in [0.25, 0.3) is 0 Å². The van der Waals surface area contributed by atoms with Crippen molar-refractivity contribution in [1.29, 1.82) is 0 Å². The molecular formula is C13H22N2O5S. The third kappa shape index (κ3) is 4.09. The van der Waals surface area contributed by atoms with Crippen molar-refractivity contribution in [3.05, 3.63) is 0 Å². The Labute approximate surface area is 124 Å². The van der Waals surface area contributed by atoms with Gasteiger partial charge in [0.2, 0.25) is 0 Å². The molecule has 0 radical (unpaired) electrons. The lowest BCUT2D eigenvalue weighted by molar-refractivity contribution is -0.143. The standard InChI is InChI=1S/C13H22N2O5S/c1-13(6-7-21(19,20)8-13)15-12(18)14-10-5-3-2-4-9(10)11(16)17/h9-10H,2-8H2,1H3,(H,16,17)(H2,14,15,18). The molecule has 0 bridgehead atoms. The molecule has 1 aliphatic carbocycles. The first-order valence-corrected chi connectivity index (χ1v) is 9.05. The molecule has 0 spiro atoms. The summed E-state index contributed by atoms with van der Waals surface area (Å²) in [6.07, 6.45) is 3.33. The van der Waals surface area contributed by atoms with Crippen molar-refractivity contribution in [1.82, 2.24) is 10.6 Å². The zero-order valence-electron chi connectivity index (χ0n) is 12.1. The van der Waals surface area contributed by atoms with Crippen molar-refractivity contribution in [3.63, 3.8) is 0 Å². The molecular weight excluding hydrogens is 296 g/mol. The maximum atomic E-state index is 12.0. The Kier molecular flexibility index (Phi) is 4.46. The van der Waals surface area contributed by atoms with Gasteiger partial charge in [0.15, 0.2) is 9.84 Å². The topological polar surface area (TPSA) is 113 Å². The Balaban J connectivity index is 1.93. The summed E-state index contributed by atoms with van der Waals surface area (Å²) in [6.45, 7) is 1.70. The lowest BCUT2D eigenvalue weighted by Gasteiger charge is -2.31. The van der Waals surface area contributed by atoms with Gasteiger partial charge < -0.3 is 15.7 Å². The summed E-state index contributed by atoms with van der Waals surface area (Å²) in [7, 11) is -3.09. The molecule has 1 heterocycles. The molecule has 3 atom stereocenters. The van der Waals surface area contributed by atoms with Crippen molar-refractivity contribution in [3.8, 4) is 0 Å². The van der Waals surface area contributed by atoms with Gasteiger partial charge in [-0.3, -0.25) is 4.79 Å². The Morgan fingerprint density at radius 2 is 1.90 bits per heavy atom. The van der Waals surface area contributed by atoms with Crippen molar-refractivity contribution < 1.29 is 23.1 Å². The molecule has 2 aliphatic rings. The highest BCUT2D eigenvalue weighted by molar-refractivity contribution is 7.91. The molecule has 1 aliphatic heterocycles. The zero-order chi connectivity index (χ0) is 15.7. The monoisotopic (exact) mass is 318 g/mol. The average molecular weight is 318 g/mol. The van der Waals surface area contributed by atoms with E-state index in [0.29, 0.717) is 19.3 Å². The number of urea groups is 1. The fourth-order valence-corrected chi connectivity index (χ4v) is 5.28. The molecule has 2 fully saturated rings. The number of rotatable bonds is 3. The Hall–Kier alpha value is -1.31. The summed E-state index contributed by atoms with van der Waals surface area (Å²) >= 11 is 0. The van der Waals surface area contributed by atoms with E-state index in [2.05, 4.69) is 10.6 Å². The predicted molar refractivity (Wildman–Crippen MR) is 76.7 cm³/mol. The van der Waals surface area contributed by atoms with E-state index in [1.807, 2.05) is 0 Å². The smallest absolute Gasteiger partial charge is 0.315 e. The van der Waals surface area contributed by atoms with Crippen molar-refractivity contribution in [2.75, 3.05) is 11.5 Å². The van der Waals surface area contributed by atoms with E-state index in [1.165, 1.54) is 0 Å². The summed E-state index contributed by atoms with van der Waals surface area (Å²) in [4.78, 5) is 23.2. The van der Waals surface area contributed by atoms with E-state index in [-0.39, 0.29) is 11.5 Å². The predicted octanol–water partition coefficient (Wildman–Crippen LogP) is 0.506. The van der Waals surface area contributed by atoms with E-state index in [4.69, 9.17) is 0 Å². The number of carboxylic acid groups (broad SMARTS) is 1. The van der Waals surface area contributed by atoms with Crippen LogP contribution in [0.1, 0.15) is 39.0 Å². The molecule has 2 rings (SSSR count). The Morgan fingerprint density at radius 3 is 2.48 bits per heavy atom. The minimum Gasteiger partial charge on any atom is -0.481 e. The number of hydrogen-bond donors (Lipinski definition) is 3. The first-order valence-electron chi connectivity index (χ1n) is 7.23. The number of carbonyl (C=O) groups is 2. The zero-order valence-corrected chi connectivity index (χ0v) is 12.9. The van der Waals surface area contributed by atoms with Crippen LogP contribution in [-0.2, 0) is 14.6 Å². The average Bonchev–Trinajstić information content (AvgIpc) is 2.63. The highest BCUT2D eigenvalue weighted by Crippen LogP contribution is 2.25. The van der Waals surface area contributed by atoms with Crippen LogP contribution in [0, 0.1) is 5.92 Å². The third-order valence-corrected chi connectivity index (χ3v) is 6.22. The van der Waals surface area contributed by atoms with Crippen LogP contribution >= 0.6 is 0 Å². The molecule has 1 saturated heterocycles. The van der Waals surface area contributed by atoms with Crippen LogP contribution in [-0.4, -0.2) is 48.6 Å². The molecule has 2 amide bonds. The van der Waals surface area contributed by atoms with E-state index in [9.17, 15) is 23.1 Å². The Bertz CT molecular complexity index is 533. The van der Waals surface area contributed by atoms with Crippen LogP contribution in [0.25, 0.3) is 0 Å².